The molecule has 22 heavy (non-hydrogen) atoms. The first-order valence-electron chi connectivity index (χ1n) is 7.09. The number of para-hydroxylation sites is 1. The average molecular weight is 322 g/mol. The molecule has 0 aliphatic rings. The maximum absolute atomic E-state index is 8.86. The number of hydrogen-bond acceptors (Lipinski definition) is 4. The second-order valence-corrected chi connectivity index (χ2v) is 5.20. The lowest BCUT2D eigenvalue weighted by Gasteiger charge is -2.15. The minimum absolute atomic E-state index is 0.0999. The summed E-state index contributed by atoms with van der Waals surface area (Å²) in [6.45, 7) is 1.64. The van der Waals surface area contributed by atoms with Gasteiger partial charge in [0.25, 0.3) is 0 Å². The van der Waals surface area contributed by atoms with Crippen LogP contribution in [0.4, 0.5) is 0 Å². The molecule has 2 aromatic rings. The van der Waals surface area contributed by atoms with Crippen LogP contribution in [0.2, 0.25) is 5.02 Å². The number of methoxy groups -OCH3 is 1. The summed E-state index contributed by atoms with van der Waals surface area (Å²) >= 11 is 5.99. The lowest BCUT2D eigenvalue weighted by molar-refractivity contribution is 0.277. The number of halogens is 1. The van der Waals surface area contributed by atoms with Crippen LogP contribution in [-0.4, -0.2) is 25.4 Å². The van der Waals surface area contributed by atoms with Crippen molar-refractivity contribution in [3.05, 3.63) is 58.6 Å². The molecule has 0 aliphatic heterocycles. The molecule has 0 bridgehead atoms. The highest BCUT2D eigenvalue weighted by atomic mass is 35.5. The van der Waals surface area contributed by atoms with Crippen molar-refractivity contribution in [3.8, 4) is 11.5 Å². The van der Waals surface area contributed by atoms with Crippen LogP contribution < -0.4 is 14.8 Å². The summed E-state index contributed by atoms with van der Waals surface area (Å²) in [5.41, 5.74) is 1.97. The summed E-state index contributed by atoms with van der Waals surface area (Å²) in [6.07, 6.45) is 0. The quantitative estimate of drug-likeness (QED) is 0.734. The zero-order chi connectivity index (χ0) is 15.8. The van der Waals surface area contributed by atoms with E-state index in [2.05, 4.69) is 5.32 Å². The van der Waals surface area contributed by atoms with Gasteiger partial charge in [0, 0.05) is 23.7 Å². The molecule has 0 aliphatic carbocycles. The molecular weight excluding hydrogens is 302 g/mol. The van der Waals surface area contributed by atoms with Gasteiger partial charge in [0.1, 0.15) is 6.61 Å². The zero-order valence-corrected chi connectivity index (χ0v) is 13.3. The molecule has 0 aromatic heterocycles. The Morgan fingerprint density at radius 1 is 1.18 bits per heavy atom. The number of nitrogens with one attached hydrogen (secondary N) is 1. The Labute approximate surface area is 135 Å². The van der Waals surface area contributed by atoms with Gasteiger partial charge in [-0.15, -0.1) is 0 Å². The third kappa shape index (κ3) is 4.63. The van der Waals surface area contributed by atoms with Crippen molar-refractivity contribution in [2.75, 3.05) is 20.3 Å². The minimum Gasteiger partial charge on any atom is -0.493 e. The maximum atomic E-state index is 8.86. The van der Waals surface area contributed by atoms with Gasteiger partial charge in [-0.05, 0) is 23.8 Å². The lowest BCUT2D eigenvalue weighted by atomic mass is 10.1. The van der Waals surface area contributed by atoms with Gasteiger partial charge >= 0.3 is 0 Å². The Bertz CT molecular complexity index is 604. The number of aliphatic hydroxyl groups is 1. The van der Waals surface area contributed by atoms with Crippen molar-refractivity contribution >= 4 is 11.6 Å². The van der Waals surface area contributed by atoms with E-state index in [1.54, 1.807) is 7.11 Å². The summed E-state index contributed by atoms with van der Waals surface area (Å²) in [6, 6.07) is 13.3. The number of rotatable bonds is 8. The van der Waals surface area contributed by atoms with E-state index >= 15 is 0 Å². The van der Waals surface area contributed by atoms with E-state index in [0.717, 1.165) is 11.1 Å². The van der Waals surface area contributed by atoms with E-state index < -0.39 is 0 Å². The number of aliphatic hydroxyl groups excluding tert-OH is 1. The van der Waals surface area contributed by atoms with Crippen LogP contribution in [-0.2, 0) is 13.2 Å². The molecule has 2 N–H and O–H groups in total. The summed E-state index contributed by atoms with van der Waals surface area (Å²) in [7, 11) is 1.62. The smallest absolute Gasteiger partial charge is 0.166 e. The van der Waals surface area contributed by atoms with Crippen LogP contribution in [0.5, 0.6) is 11.5 Å². The van der Waals surface area contributed by atoms with E-state index in [9.17, 15) is 0 Å². The molecule has 0 unspecified atom stereocenters. The second kappa shape index (κ2) is 8.63. The van der Waals surface area contributed by atoms with Crippen molar-refractivity contribution in [2.24, 2.45) is 0 Å². The highest BCUT2D eigenvalue weighted by Gasteiger charge is 2.10. The molecule has 5 heteroatoms. The first-order valence-corrected chi connectivity index (χ1v) is 7.47. The first-order chi connectivity index (χ1) is 10.7. The van der Waals surface area contributed by atoms with Crippen molar-refractivity contribution in [2.45, 2.75) is 13.2 Å². The largest absolute Gasteiger partial charge is 0.493 e. The van der Waals surface area contributed by atoms with E-state index in [4.69, 9.17) is 26.2 Å². The summed E-state index contributed by atoms with van der Waals surface area (Å²) in [5, 5.41) is 12.7. The monoisotopic (exact) mass is 321 g/mol. The predicted molar refractivity (Wildman–Crippen MR) is 87.6 cm³/mol. The molecule has 0 saturated heterocycles. The van der Waals surface area contributed by atoms with Crippen molar-refractivity contribution < 1.29 is 14.6 Å². The Hall–Kier alpha value is -1.75. The molecule has 0 spiro atoms. The fraction of sp³-hybridized carbons (Fsp3) is 0.294. The van der Waals surface area contributed by atoms with Gasteiger partial charge in [-0.3, -0.25) is 0 Å². The topological polar surface area (TPSA) is 50.7 Å². The van der Waals surface area contributed by atoms with Gasteiger partial charge in [-0.1, -0.05) is 35.9 Å². The van der Waals surface area contributed by atoms with E-state index in [-0.39, 0.29) is 6.61 Å². The molecular formula is C17H20ClNO3. The molecule has 0 atom stereocenters. The number of ether oxygens (including phenoxy) is 2. The fourth-order valence-corrected chi connectivity index (χ4v) is 2.32. The van der Waals surface area contributed by atoms with Crippen molar-refractivity contribution in [1.82, 2.24) is 5.32 Å². The lowest BCUT2D eigenvalue weighted by Crippen LogP contribution is -2.18. The Kier molecular flexibility index (Phi) is 6.52. The van der Waals surface area contributed by atoms with Gasteiger partial charge in [0.05, 0.1) is 13.7 Å². The van der Waals surface area contributed by atoms with Crippen LogP contribution in [0, 0.1) is 0 Å². The molecule has 2 rings (SSSR count). The average Bonchev–Trinajstić information content (AvgIpc) is 2.53. The molecule has 4 nitrogen and oxygen atoms in total. The molecule has 0 radical (unpaired) electrons. The minimum atomic E-state index is 0.0999. The predicted octanol–water partition coefficient (Wildman–Crippen LogP) is 3.01. The van der Waals surface area contributed by atoms with Crippen LogP contribution in [0.15, 0.2) is 42.5 Å². The number of hydrogen-bond donors (Lipinski definition) is 2. The SMILES string of the molecule is COc1cccc(CNCCO)c1OCc1cccc(Cl)c1. The molecule has 0 saturated carbocycles. The van der Waals surface area contributed by atoms with E-state index in [1.807, 2.05) is 42.5 Å². The fourth-order valence-electron chi connectivity index (χ4n) is 2.11. The standard InChI is InChI=1S/C17H20ClNO3/c1-21-16-7-3-5-14(11-19-8-9-20)17(16)22-12-13-4-2-6-15(18)10-13/h2-7,10,19-20H,8-9,11-12H2,1H3. The van der Waals surface area contributed by atoms with Crippen LogP contribution >= 0.6 is 11.6 Å². The van der Waals surface area contributed by atoms with Crippen LogP contribution in [0.1, 0.15) is 11.1 Å². The summed E-state index contributed by atoms with van der Waals surface area (Å²) in [5.74, 6) is 1.39. The summed E-state index contributed by atoms with van der Waals surface area (Å²) in [4.78, 5) is 0. The molecule has 0 amide bonds. The Morgan fingerprint density at radius 2 is 2.00 bits per heavy atom. The van der Waals surface area contributed by atoms with Gasteiger partial charge in [0.2, 0.25) is 0 Å². The highest BCUT2D eigenvalue weighted by molar-refractivity contribution is 6.30. The normalized spacial score (nSPS) is 10.5. The highest BCUT2D eigenvalue weighted by Crippen LogP contribution is 2.32. The van der Waals surface area contributed by atoms with Crippen molar-refractivity contribution in [3.63, 3.8) is 0 Å². The van der Waals surface area contributed by atoms with Crippen molar-refractivity contribution in [1.29, 1.82) is 0 Å². The Morgan fingerprint density at radius 3 is 2.73 bits per heavy atom. The van der Waals surface area contributed by atoms with Gasteiger partial charge in [-0.25, -0.2) is 0 Å². The van der Waals surface area contributed by atoms with E-state index in [0.29, 0.717) is 36.2 Å². The van der Waals surface area contributed by atoms with Gasteiger partial charge in [0.15, 0.2) is 11.5 Å². The molecule has 2 aromatic carbocycles. The summed E-state index contributed by atoms with van der Waals surface area (Å²) < 4.78 is 11.3. The first kappa shape index (κ1) is 16.6. The van der Waals surface area contributed by atoms with Crippen LogP contribution in [0.3, 0.4) is 0 Å². The van der Waals surface area contributed by atoms with E-state index in [1.165, 1.54) is 0 Å². The zero-order valence-electron chi connectivity index (χ0n) is 12.5. The second-order valence-electron chi connectivity index (χ2n) is 4.77. The molecule has 118 valence electrons. The van der Waals surface area contributed by atoms with Gasteiger partial charge in [-0.2, -0.15) is 0 Å². The molecule has 0 fully saturated rings. The maximum Gasteiger partial charge on any atom is 0.166 e. The Balaban J connectivity index is 2.13. The third-order valence-electron chi connectivity index (χ3n) is 3.16. The third-order valence-corrected chi connectivity index (χ3v) is 3.39. The number of benzene rings is 2. The molecule has 0 heterocycles. The van der Waals surface area contributed by atoms with Gasteiger partial charge < -0.3 is 19.9 Å². The van der Waals surface area contributed by atoms with Crippen LogP contribution in [0.25, 0.3) is 0 Å².